The fourth-order valence-corrected chi connectivity index (χ4v) is 1.70. The van der Waals surface area contributed by atoms with Crippen LogP contribution < -0.4 is 0 Å². The van der Waals surface area contributed by atoms with Gasteiger partial charge >= 0.3 is 0 Å². The van der Waals surface area contributed by atoms with Gasteiger partial charge in [0.05, 0.1) is 11.9 Å². The highest BCUT2D eigenvalue weighted by molar-refractivity contribution is 5.85. The minimum absolute atomic E-state index is 0.876. The van der Waals surface area contributed by atoms with Gasteiger partial charge in [-0.05, 0) is 18.6 Å². The molecule has 0 saturated carbocycles. The normalized spacial score (nSPS) is 12.2. The highest BCUT2D eigenvalue weighted by atomic mass is 15.1. The number of hydrogen-bond donors (Lipinski definition) is 1. The molecule has 1 N–H and O–H groups in total. The molecule has 0 aliphatic rings. The number of pyridine rings is 1. The van der Waals surface area contributed by atoms with E-state index in [0.29, 0.717) is 0 Å². The molecule has 18 heavy (non-hydrogen) atoms. The standard InChI is InChI=1S/C15H15N3/c1-4-6-7-8-12(5-2)14-9-13-11(3)17-18-15(13)10-16-14/h4-10H,1-2H2,3H3,(H,17,18)/b7-6-,12-8+. The first kappa shape index (κ1) is 12.0. The Morgan fingerprint density at radius 2 is 2.17 bits per heavy atom. The quantitative estimate of drug-likeness (QED) is 0.826. The van der Waals surface area contributed by atoms with E-state index in [9.17, 15) is 0 Å². The van der Waals surface area contributed by atoms with Crippen LogP contribution in [0.3, 0.4) is 0 Å². The van der Waals surface area contributed by atoms with Crippen LogP contribution in [0.2, 0.25) is 0 Å². The molecule has 0 aliphatic carbocycles. The van der Waals surface area contributed by atoms with Crippen LogP contribution in [0.25, 0.3) is 16.5 Å². The first-order chi connectivity index (χ1) is 8.76. The van der Waals surface area contributed by atoms with Gasteiger partial charge in [0, 0.05) is 11.1 Å². The van der Waals surface area contributed by atoms with E-state index in [4.69, 9.17) is 0 Å². The lowest BCUT2D eigenvalue weighted by Crippen LogP contribution is -1.86. The Balaban J connectivity index is 2.48. The summed E-state index contributed by atoms with van der Waals surface area (Å²) in [7, 11) is 0. The van der Waals surface area contributed by atoms with E-state index in [0.717, 1.165) is 27.9 Å². The highest BCUT2D eigenvalue weighted by Crippen LogP contribution is 2.20. The zero-order valence-corrected chi connectivity index (χ0v) is 10.4. The minimum Gasteiger partial charge on any atom is -0.282 e. The lowest BCUT2D eigenvalue weighted by atomic mass is 10.1. The number of nitrogens with zero attached hydrogens (tertiary/aromatic N) is 2. The molecule has 0 unspecified atom stereocenters. The Morgan fingerprint density at radius 3 is 2.89 bits per heavy atom. The van der Waals surface area contributed by atoms with Gasteiger partial charge in [0.15, 0.2) is 0 Å². The maximum absolute atomic E-state index is 4.39. The van der Waals surface area contributed by atoms with Crippen molar-refractivity contribution < 1.29 is 0 Å². The summed E-state index contributed by atoms with van der Waals surface area (Å²) in [4.78, 5) is 4.39. The number of nitrogens with one attached hydrogen (secondary N) is 1. The van der Waals surface area contributed by atoms with Crippen molar-refractivity contribution in [3.8, 4) is 0 Å². The molecular formula is C15H15N3. The number of hydrogen-bond acceptors (Lipinski definition) is 2. The average Bonchev–Trinajstić information content (AvgIpc) is 2.76. The van der Waals surface area contributed by atoms with Crippen LogP contribution in [-0.2, 0) is 0 Å². The highest BCUT2D eigenvalue weighted by Gasteiger charge is 2.05. The Kier molecular flexibility index (Phi) is 3.53. The SMILES string of the molecule is C=C/C=C\C=C(/C=C)c1cc2c(C)[nH]nc2cn1. The monoisotopic (exact) mass is 237 g/mol. The van der Waals surface area contributed by atoms with Crippen molar-refractivity contribution in [1.82, 2.24) is 15.2 Å². The van der Waals surface area contributed by atoms with E-state index in [1.165, 1.54) is 0 Å². The fraction of sp³-hybridized carbons (Fsp3) is 0.0667. The number of aromatic nitrogens is 3. The number of aromatic amines is 1. The summed E-state index contributed by atoms with van der Waals surface area (Å²) in [6.45, 7) is 9.44. The number of H-pyrrole nitrogens is 1. The fourth-order valence-electron chi connectivity index (χ4n) is 1.70. The lowest BCUT2D eigenvalue weighted by Gasteiger charge is -2.00. The zero-order chi connectivity index (χ0) is 13.0. The third kappa shape index (κ3) is 2.30. The molecule has 0 fully saturated rings. The summed E-state index contributed by atoms with van der Waals surface area (Å²) in [5, 5.41) is 8.19. The number of rotatable bonds is 4. The summed E-state index contributed by atoms with van der Waals surface area (Å²) < 4.78 is 0. The van der Waals surface area contributed by atoms with Gasteiger partial charge in [0.25, 0.3) is 0 Å². The van der Waals surface area contributed by atoms with Crippen molar-refractivity contribution in [2.24, 2.45) is 0 Å². The summed E-state index contributed by atoms with van der Waals surface area (Å²) in [6.07, 6.45) is 11.0. The van der Waals surface area contributed by atoms with Crippen LogP contribution in [0.1, 0.15) is 11.4 Å². The summed E-state index contributed by atoms with van der Waals surface area (Å²) in [5.74, 6) is 0. The van der Waals surface area contributed by atoms with Crippen LogP contribution in [0.15, 0.2) is 55.8 Å². The predicted molar refractivity (Wildman–Crippen MR) is 76.1 cm³/mol. The average molecular weight is 237 g/mol. The van der Waals surface area contributed by atoms with Crippen molar-refractivity contribution in [3.63, 3.8) is 0 Å². The molecule has 0 aliphatic heterocycles. The predicted octanol–water partition coefficient (Wildman–Crippen LogP) is 3.58. The van der Waals surface area contributed by atoms with Crippen molar-refractivity contribution in [1.29, 1.82) is 0 Å². The van der Waals surface area contributed by atoms with E-state index in [1.54, 1.807) is 18.3 Å². The maximum atomic E-state index is 4.39. The summed E-state index contributed by atoms with van der Waals surface area (Å²) >= 11 is 0. The minimum atomic E-state index is 0.876. The number of allylic oxidation sites excluding steroid dienone is 6. The molecule has 2 rings (SSSR count). The number of aryl methyl sites for hydroxylation is 1. The first-order valence-corrected chi connectivity index (χ1v) is 5.69. The van der Waals surface area contributed by atoms with Gasteiger partial charge in [-0.25, -0.2) is 0 Å². The molecule has 90 valence electrons. The van der Waals surface area contributed by atoms with E-state index in [1.807, 2.05) is 31.2 Å². The molecule has 3 heteroatoms. The maximum Gasteiger partial charge on any atom is 0.111 e. The van der Waals surface area contributed by atoms with Crippen LogP contribution >= 0.6 is 0 Å². The molecule has 2 heterocycles. The second-order valence-electron chi connectivity index (χ2n) is 3.88. The van der Waals surface area contributed by atoms with Crippen LogP contribution in [0.5, 0.6) is 0 Å². The lowest BCUT2D eigenvalue weighted by molar-refractivity contribution is 1.07. The van der Waals surface area contributed by atoms with Gasteiger partial charge in [-0.3, -0.25) is 10.1 Å². The van der Waals surface area contributed by atoms with E-state index in [-0.39, 0.29) is 0 Å². The van der Waals surface area contributed by atoms with E-state index in [2.05, 4.69) is 28.3 Å². The molecule has 0 aromatic carbocycles. The molecule has 0 bridgehead atoms. The van der Waals surface area contributed by atoms with Crippen molar-refractivity contribution in [2.45, 2.75) is 6.92 Å². The smallest absolute Gasteiger partial charge is 0.111 e. The van der Waals surface area contributed by atoms with Crippen molar-refractivity contribution in [2.75, 3.05) is 0 Å². The van der Waals surface area contributed by atoms with Crippen LogP contribution in [0, 0.1) is 6.92 Å². The molecule has 0 amide bonds. The largest absolute Gasteiger partial charge is 0.282 e. The summed E-state index contributed by atoms with van der Waals surface area (Å²) in [5.41, 5.74) is 3.77. The van der Waals surface area contributed by atoms with Gasteiger partial charge in [-0.2, -0.15) is 5.10 Å². The first-order valence-electron chi connectivity index (χ1n) is 5.69. The zero-order valence-electron chi connectivity index (χ0n) is 10.4. The van der Waals surface area contributed by atoms with Crippen molar-refractivity contribution in [3.05, 3.63) is 67.2 Å². The van der Waals surface area contributed by atoms with Crippen LogP contribution in [0.4, 0.5) is 0 Å². The van der Waals surface area contributed by atoms with Gasteiger partial charge < -0.3 is 0 Å². The van der Waals surface area contributed by atoms with Crippen LogP contribution in [-0.4, -0.2) is 15.2 Å². The molecule has 0 atom stereocenters. The Hall–Kier alpha value is -2.42. The molecule has 2 aromatic rings. The van der Waals surface area contributed by atoms with Gasteiger partial charge in [-0.15, -0.1) is 0 Å². The second-order valence-corrected chi connectivity index (χ2v) is 3.88. The topological polar surface area (TPSA) is 41.6 Å². The van der Waals surface area contributed by atoms with Gasteiger partial charge in [0.2, 0.25) is 0 Å². The third-order valence-corrected chi connectivity index (χ3v) is 2.67. The molecular weight excluding hydrogens is 222 g/mol. The van der Waals surface area contributed by atoms with E-state index < -0.39 is 0 Å². The second kappa shape index (κ2) is 5.27. The van der Waals surface area contributed by atoms with Gasteiger partial charge in [-0.1, -0.05) is 43.5 Å². The molecule has 3 nitrogen and oxygen atoms in total. The molecule has 2 aromatic heterocycles. The molecule has 0 saturated heterocycles. The van der Waals surface area contributed by atoms with E-state index >= 15 is 0 Å². The third-order valence-electron chi connectivity index (χ3n) is 2.67. The Labute approximate surface area is 106 Å². The van der Waals surface area contributed by atoms with Crippen molar-refractivity contribution >= 4 is 16.5 Å². The molecule has 0 radical (unpaired) electrons. The Bertz CT molecular complexity index is 645. The van der Waals surface area contributed by atoms with Gasteiger partial charge in [0.1, 0.15) is 5.52 Å². The summed E-state index contributed by atoms with van der Waals surface area (Å²) in [6, 6.07) is 2.02. The number of fused-ring (bicyclic) bond motifs is 1. The Morgan fingerprint density at radius 1 is 1.33 bits per heavy atom. The molecule has 0 spiro atoms.